The van der Waals surface area contributed by atoms with E-state index in [2.05, 4.69) is 26.6 Å². The summed E-state index contributed by atoms with van der Waals surface area (Å²) in [6, 6.07) is 19.4. The number of carbonyl (C=O) groups is 4. The van der Waals surface area contributed by atoms with Gasteiger partial charge >= 0.3 is 0 Å². The predicted molar refractivity (Wildman–Crippen MR) is 158 cm³/mol. The number of rotatable bonds is 10. The van der Waals surface area contributed by atoms with Crippen molar-refractivity contribution in [1.29, 1.82) is 0 Å². The van der Waals surface area contributed by atoms with Gasteiger partial charge in [0.2, 0.25) is 5.91 Å². The van der Waals surface area contributed by atoms with Gasteiger partial charge in [0.05, 0.1) is 17.2 Å². The topological polar surface area (TPSA) is 114 Å². The summed E-state index contributed by atoms with van der Waals surface area (Å²) in [5.41, 5.74) is 2.76. The Balaban J connectivity index is 1.41. The first kappa shape index (κ1) is 28.9. The Morgan fingerprint density at radius 1 is 0.925 bits per heavy atom. The van der Waals surface area contributed by atoms with Gasteiger partial charge in [0.25, 0.3) is 17.1 Å². The van der Waals surface area contributed by atoms with Crippen molar-refractivity contribution < 1.29 is 28.7 Å². The molecule has 9 nitrogen and oxygen atoms in total. The number of imide groups is 1. The lowest BCUT2D eigenvalue weighted by Gasteiger charge is -2.14. The average Bonchev–Trinajstić information content (AvgIpc) is 3.18. The van der Waals surface area contributed by atoms with Crippen LogP contribution in [-0.2, 0) is 14.4 Å². The number of nitrogens with one attached hydrogen (secondary N) is 2. The standard InChI is InChI=1S/C29H26BrN3O6S/c1-3-38-24-14-19(12-13-23(24)39-17-27(35)31-21-10-6-4-8-18(21)2)15-25-28(36)33(29(37)40-25)16-26(34)32-22-11-7-5-9-20(22)30/h4-15H,3,16-17H2,1-2H3,(H,31,35)(H,32,34)/b25-15-. The molecule has 0 unspecified atom stereocenters. The molecule has 3 aromatic rings. The minimum Gasteiger partial charge on any atom is -0.490 e. The molecule has 0 atom stereocenters. The molecule has 0 spiro atoms. The van der Waals surface area contributed by atoms with Crippen LogP contribution in [0.25, 0.3) is 6.08 Å². The quantitative estimate of drug-likeness (QED) is 0.272. The Labute approximate surface area is 244 Å². The minimum atomic E-state index is -0.566. The van der Waals surface area contributed by atoms with Crippen molar-refractivity contribution in [2.45, 2.75) is 13.8 Å². The predicted octanol–water partition coefficient (Wildman–Crippen LogP) is 5.85. The van der Waals surface area contributed by atoms with E-state index in [0.29, 0.717) is 39.5 Å². The number of ether oxygens (including phenoxy) is 2. The molecular formula is C29H26BrN3O6S. The van der Waals surface area contributed by atoms with Crippen molar-refractivity contribution in [3.63, 3.8) is 0 Å². The number of anilines is 2. The Morgan fingerprint density at radius 2 is 1.62 bits per heavy atom. The van der Waals surface area contributed by atoms with Crippen molar-refractivity contribution in [1.82, 2.24) is 4.90 Å². The normalized spacial score (nSPS) is 13.9. The summed E-state index contributed by atoms with van der Waals surface area (Å²) < 4.78 is 12.1. The van der Waals surface area contributed by atoms with Gasteiger partial charge in [-0.15, -0.1) is 0 Å². The van der Waals surface area contributed by atoms with Gasteiger partial charge in [0.15, 0.2) is 18.1 Å². The fourth-order valence-electron chi connectivity index (χ4n) is 3.73. The lowest BCUT2D eigenvalue weighted by atomic mass is 10.2. The maximum absolute atomic E-state index is 12.9. The van der Waals surface area contributed by atoms with Crippen LogP contribution >= 0.6 is 27.7 Å². The van der Waals surface area contributed by atoms with Crippen LogP contribution in [0.1, 0.15) is 18.1 Å². The molecule has 0 aromatic heterocycles. The van der Waals surface area contributed by atoms with E-state index >= 15 is 0 Å². The third kappa shape index (κ3) is 7.30. The third-order valence-corrected chi connectivity index (χ3v) is 7.27. The molecule has 0 saturated carbocycles. The van der Waals surface area contributed by atoms with E-state index < -0.39 is 23.6 Å². The first-order valence-electron chi connectivity index (χ1n) is 12.3. The monoisotopic (exact) mass is 623 g/mol. The second-order valence-corrected chi connectivity index (χ2v) is 10.4. The van der Waals surface area contributed by atoms with Crippen LogP contribution in [0.4, 0.5) is 16.2 Å². The van der Waals surface area contributed by atoms with Gasteiger partial charge in [-0.1, -0.05) is 36.4 Å². The summed E-state index contributed by atoms with van der Waals surface area (Å²) in [4.78, 5) is 51.4. The molecule has 4 amide bonds. The number of halogens is 1. The smallest absolute Gasteiger partial charge is 0.294 e. The molecule has 1 fully saturated rings. The number of para-hydroxylation sites is 2. The highest BCUT2D eigenvalue weighted by atomic mass is 79.9. The highest BCUT2D eigenvalue weighted by molar-refractivity contribution is 9.10. The molecule has 206 valence electrons. The molecule has 0 radical (unpaired) electrons. The molecular weight excluding hydrogens is 598 g/mol. The first-order chi connectivity index (χ1) is 19.2. The van der Waals surface area contributed by atoms with Crippen LogP contribution < -0.4 is 20.1 Å². The number of benzene rings is 3. The van der Waals surface area contributed by atoms with Crippen molar-refractivity contribution >= 4 is 68.1 Å². The summed E-state index contributed by atoms with van der Waals surface area (Å²) in [6.07, 6.45) is 1.55. The van der Waals surface area contributed by atoms with Crippen molar-refractivity contribution in [3.8, 4) is 11.5 Å². The van der Waals surface area contributed by atoms with Crippen molar-refractivity contribution in [2.75, 3.05) is 30.4 Å². The third-order valence-electron chi connectivity index (χ3n) is 5.67. The van der Waals surface area contributed by atoms with E-state index in [-0.39, 0.29) is 17.4 Å². The molecule has 1 saturated heterocycles. The number of thioether (sulfide) groups is 1. The molecule has 4 rings (SSSR count). The number of hydrogen-bond donors (Lipinski definition) is 2. The average molecular weight is 625 g/mol. The fourth-order valence-corrected chi connectivity index (χ4v) is 4.95. The molecule has 1 aliphatic heterocycles. The molecule has 3 aromatic carbocycles. The lowest BCUT2D eigenvalue weighted by molar-refractivity contribution is -0.127. The van der Waals surface area contributed by atoms with Gasteiger partial charge in [0, 0.05) is 10.2 Å². The van der Waals surface area contributed by atoms with Gasteiger partial charge in [-0.3, -0.25) is 24.1 Å². The summed E-state index contributed by atoms with van der Waals surface area (Å²) in [5, 5.41) is 4.96. The maximum atomic E-state index is 12.9. The van der Waals surface area contributed by atoms with Crippen LogP contribution in [0.15, 0.2) is 76.1 Å². The summed E-state index contributed by atoms with van der Waals surface area (Å²) in [5.74, 6) is -0.647. The zero-order valence-electron chi connectivity index (χ0n) is 21.7. The second-order valence-electron chi connectivity index (χ2n) is 8.59. The highest BCUT2D eigenvalue weighted by Crippen LogP contribution is 2.35. The van der Waals surface area contributed by atoms with Crippen LogP contribution in [0.5, 0.6) is 11.5 Å². The second kappa shape index (κ2) is 13.3. The summed E-state index contributed by atoms with van der Waals surface area (Å²) >= 11 is 4.10. The van der Waals surface area contributed by atoms with Crippen LogP contribution in [0.3, 0.4) is 0 Å². The number of hydrogen-bond acceptors (Lipinski definition) is 7. The summed E-state index contributed by atoms with van der Waals surface area (Å²) in [6.45, 7) is 3.42. The SMILES string of the molecule is CCOc1cc(/C=C2\SC(=O)N(CC(=O)Nc3ccccc3Br)C2=O)ccc1OCC(=O)Nc1ccccc1C. The molecule has 0 bridgehead atoms. The zero-order valence-corrected chi connectivity index (χ0v) is 24.1. The van der Waals surface area contributed by atoms with Gasteiger partial charge in [-0.05, 0) is 89.1 Å². The lowest BCUT2D eigenvalue weighted by Crippen LogP contribution is -2.36. The van der Waals surface area contributed by atoms with Gasteiger partial charge < -0.3 is 20.1 Å². The van der Waals surface area contributed by atoms with Crippen LogP contribution in [0.2, 0.25) is 0 Å². The number of carbonyl (C=O) groups excluding carboxylic acids is 4. The Hall–Kier alpha value is -4.09. The van der Waals surface area contributed by atoms with Crippen LogP contribution in [-0.4, -0.2) is 47.6 Å². The first-order valence-corrected chi connectivity index (χ1v) is 13.9. The van der Waals surface area contributed by atoms with Crippen molar-refractivity contribution in [3.05, 3.63) is 87.2 Å². The van der Waals surface area contributed by atoms with Gasteiger partial charge in [-0.2, -0.15) is 0 Å². The van der Waals surface area contributed by atoms with Crippen LogP contribution in [0, 0.1) is 6.92 Å². The number of amides is 4. The van der Waals surface area contributed by atoms with E-state index in [0.717, 1.165) is 22.2 Å². The fraction of sp³-hybridized carbons (Fsp3) is 0.172. The molecule has 40 heavy (non-hydrogen) atoms. The summed E-state index contributed by atoms with van der Waals surface area (Å²) in [7, 11) is 0. The molecule has 2 N–H and O–H groups in total. The Kier molecular flexibility index (Phi) is 9.62. The van der Waals surface area contributed by atoms with Crippen molar-refractivity contribution in [2.24, 2.45) is 0 Å². The molecule has 0 aliphatic carbocycles. The number of aryl methyl sites for hydroxylation is 1. The molecule has 11 heteroatoms. The van der Waals surface area contributed by atoms with E-state index in [1.165, 1.54) is 0 Å². The Bertz CT molecular complexity index is 1490. The van der Waals surface area contributed by atoms with Gasteiger partial charge in [-0.25, -0.2) is 0 Å². The van der Waals surface area contributed by atoms with E-state index in [1.54, 1.807) is 48.5 Å². The zero-order chi connectivity index (χ0) is 28.6. The highest BCUT2D eigenvalue weighted by Gasteiger charge is 2.36. The molecule has 1 heterocycles. The van der Waals surface area contributed by atoms with E-state index in [9.17, 15) is 19.2 Å². The number of nitrogens with zero attached hydrogens (tertiary/aromatic N) is 1. The Morgan fingerprint density at radius 3 is 2.35 bits per heavy atom. The molecule has 1 aliphatic rings. The van der Waals surface area contributed by atoms with E-state index in [4.69, 9.17) is 9.47 Å². The largest absolute Gasteiger partial charge is 0.490 e. The van der Waals surface area contributed by atoms with E-state index in [1.807, 2.05) is 38.1 Å². The maximum Gasteiger partial charge on any atom is 0.294 e. The van der Waals surface area contributed by atoms with Gasteiger partial charge in [0.1, 0.15) is 6.54 Å². The minimum absolute atomic E-state index is 0.174.